The Labute approximate surface area is 217 Å². The quantitative estimate of drug-likeness (QED) is 0.187. The summed E-state index contributed by atoms with van der Waals surface area (Å²) in [5.74, 6) is 0.736. The number of hydrogen-bond acceptors (Lipinski definition) is 6. The van der Waals surface area contributed by atoms with E-state index >= 15 is 0 Å². The van der Waals surface area contributed by atoms with Crippen molar-refractivity contribution in [3.05, 3.63) is 79.9 Å². The fourth-order valence-corrected chi connectivity index (χ4v) is 5.01. The van der Waals surface area contributed by atoms with Crippen LogP contribution in [-0.2, 0) is 15.3 Å². The molecule has 1 atom stereocenters. The van der Waals surface area contributed by atoms with Gasteiger partial charge < -0.3 is 10.1 Å². The Bertz CT molecular complexity index is 1240. The molecule has 1 aliphatic heterocycles. The molecule has 6 nitrogen and oxygen atoms in total. The number of anilines is 1. The van der Waals surface area contributed by atoms with E-state index in [1.807, 2.05) is 44.2 Å². The van der Waals surface area contributed by atoms with Crippen molar-refractivity contribution in [3.63, 3.8) is 0 Å². The van der Waals surface area contributed by atoms with E-state index in [1.54, 1.807) is 16.8 Å². The first-order chi connectivity index (χ1) is 16.4. The Kier molecular flexibility index (Phi) is 8.09. The number of nitrogens with one attached hydrogen (secondary N) is 1. The summed E-state index contributed by atoms with van der Waals surface area (Å²) in [7, 11) is 0. The molecule has 4 rings (SSSR count). The summed E-state index contributed by atoms with van der Waals surface area (Å²) in [5.41, 5.74) is 2.85. The lowest BCUT2D eigenvalue weighted by molar-refractivity contribution is -0.139. The lowest BCUT2D eigenvalue weighted by atomic mass is 9.96. The van der Waals surface area contributed by atoms with Crippen LogP contribution in [0.15, 0.2) is 58.9 Å². The first kappa shape index (κ1) is 24.9. The fraction of sp³-hybridized carbons (Fsp3) is 0.292. The zero-order chi connectivity index (χ0) is 24.2. The highest BCUT2D eigenvalue weighted by Crippen LogP contribution is 2.39. The van der Waals surface area contributed by atoms with Crippen LogP contribution in [0.2, 0.25) is 15.1 Å². The van der Waals surface area contributed by atoms with E-state index in [0.29, 0.717) is 49.8 Å². The van der Waals surface area contributed by atoms with E-state index in [0.717, 1.165) is 24.0 Å². The minimum Gasteiger partial charge on any atom is -0.462 e. The lowest BCUT2D eigenvalue weighted by Gasteiger charge is -2.28. The molecule has 3 aromatic rings. The average molecular weight is 538 g/mol. The molecule has 0 saturated carbocycles. The van der Waals surface area contributed by atoms with Crippen molar-refractivity contribution < 1.29 is 9.53 Å². The standard InChI is InChI=1S/C24H23Cl3N4O2S/c1-3-4-11-33-22(32)20-14(2)28-23-29-24(34-13-16-7-5-6-8-17(16)25)30-31(23)21(20)15-9-10-18(26)19(27)12-15/h5-10,12,21H,3-4,11,13H2,1-2H3,(H,28,29,30). The highest BCUT2D eigenvalue weighted by Gasteiger charge is 2.35. The van der Waals surface area contributed by atoms with Crippen LogP contribution in [0, 0.1) is 0 Å². The van der Waals surface area contributed by atoms with Crippen molar-refractivity contribution in [2.24, 2.45) is 0 Å². The Balaban J connectivity index is 1.69. The predicted molar refractivity (Wildman–Crippen MR) is 138 cm³/mol. The number of unbranched alkanes of at least 4 members (excludes halogenated alkanes) is 1. The largest absolute Gasteiger partial charge is 0.462 e. The summed E-state index contributed by atoms with van der Waals surface area (Å²) in [6, 6.07) is 12.4. The summed E-state index contributed by atoms with van der Waals surface area (Å²) in [4.78, 5) is 17.8. The predicted octanol–water partition coefficient (Wildman–Crippen LogP) is 7.16. The molecule has 1 unspecified atom stereocenters. The Morgan fingerprint density at radius 2 is 1.94 bits per heavy atom. The SMILES string of the molecule is CCCCOC(=O)C1=C(C)Nc2nc(SCc3ccccc3Cl)nn2C1c1ccc(Cl)c(Cl)c1. The number of esters is 1. The number of fused-ring (bicyclic) bond motifs is 1. The molecule has 0 fully saturated rings. The van der Waals surface area contributed by atoms with Crippen LogP contribution in [-0.4, -0.2) is 27.3 Å². The number of halogens is 3. The summed E-state index contributed by atoms with van der Waals surface area (Å²) >= 11 is 20.2. The monoisotopic (exact) mass is 536 g/mol. The van der Waals surface area contributed by atoms with Gasteiger partial charge in [-0.25, -0.2) is 9.48 Å². The number of thioether (sulfide) groups is 1. The van der Waals surface area contributed by atoms with Gasteiger partial charge in [0.1, 0.15) is 6.04 Å². The minimum atomic E-state index is -0.567. The molecule has 1 aromatic heterocycles. The third kappa shape index (κ3) is 5.38. The summed E-state index contributed by atoms with van der Waals surface area (Å²) in [5, 5.41) is 10.00. The van der Waals surface area contributed by atoms with Crippen LogP contribution in [0.5, 0.6) is 0 Å². The molecule has 0 amide bonds. The fourth-order valence-electron chi connectivity index (χ4n) is 3.59. The molecule has 0 aliphatic carbocycles. The third-order valence-electron chi connectivity index (χ3n) is 5.36. The Hall–Kier alpha value is -2.19. The zero-order valence-corrected chi connectivity index (χ0v) is 21.7. The molecule has 34 heavy (non-hydrogen) atoms. The molecule has 0 bridgehead atoms. The number of ether oxygens (including phenoxy) is 1. The molecule has 2 aromatic carbocycles. The first-order valence-electron chi connectivity index (χ1n) is 10.8. The molecule has 10 heteroatoms. The van der Waals surface area contributed by atoms with Gasteiger partial charge in [-0.05, 0) is 42.7 Å². The average Bonchev–Trinajstić information content (AvgIpc) is 3.22. The zero-order valence-electron chi connectivity index (χ0n) is 18.6. The molecular formula is C24H23Cl3N4O2S. The number of carbonyl (C=O) groups excluding carboxylic acids is 1. The lowest BCUT2D eigenvalue weighted by Crippen LogP contribution is -2.29. The third-order valence-corrected chi connectivity index (χ3v) is 7.35. The number of rotatable bonds is 8. The van der Waals surface area contributed by atoms with Gasteiger partial charge in [0.25, 0.3) is 0 Å². The summed E-state index contributed by atoms with van der Waals surface area (Å²) in [6.07, 6.45) is 1.72. The number of carbonyl (C=O) groups is 1. The highest BCUT2D eigenvalue weighted by molar-refractivity contribution is 7.98. The van der Waals surface area contributed by atoms with Gasteiger partial charge in [-0.1, -0.05) is 84.2 Å². The van der Waals surface area contributed by atoms with Crippen molar-refractivity contribution in [1.29, 1.82) is 0 Å². The van der Waals surface area contributed by atoms with Crippen molar-refractivity contribution in [1.82, 2.24) is 14.8 Å². The van der Waals surface area contributed by atoms with Crippen molar-refractivity contribution >= 4 is 58.5 Å². The van der Waals surface area contributed by atoms with Gasteiger partial charge in [0.2, 0.25) is 11.1 Å². The maximum Gasteiger partial charge on any atom is 0.338 e. The van der Waals surface area contributed by atoms with Gasteiger partial charge >= 0.3 is 5.97 Å². The van der Waals surface area contributed by atoms with Gasteiger partial charge in [-0.3, -0.25) is 0 Å². The molecule has 0 spiro atoms. The van der Waals surface area contributed by atoms with Gasteiger partial charge in [0.15, 0.2) is 0 Å². The molecular weight excluding hydrogens is 515 g/mol. The molecule has 1 aliphatic rings. The van der Waals surface area contributed by atoms with Crippen LogP contribution in [0.4, 0.5) is 5.95 Å². The second-order valence-corrected chi connectivity index (χ2v) is 9.94. The van der Waals surface area contributed by atoms with E-state index < -0.39 is 12.0 Å². The van der Waals surface area contributed by atoms with Gasteiger partial charge in [-0.2, -0.15) is 4.98 Å². The van der Waals surface area contributed by atoms with E-state index in [9.17, 15) is 4.79 Å². The number of allylic oxidation sites excluding steroid dienone is 1. The van der Waals surface area contributed by atoms with Crippen LogP contribution in [0.25, 0.3) is 0 Å². The van der Waals surface area contributed by atoms with Gasteiger partial charge in [0, 0.05) is 16.5 Å². The van der Waals surface area contributed by atoms with Gasteiger partial charge in [0.05, 0.1) is 22.2 Å². The van der Waals surface area contributed by atoms with Crippen LogP contribution < -0.4 is 5.32 Å². The second-order valence-electron chi connectivity index (χ2n) is 7.77. The molecule has 0 radical (unpaired) electrons. The molecule has 1 N–H and O–H groups in total. The maximum atomic E-state index is 13.1. The van der Waals surface area contributed by atoms with Crippen molar-refractivity contribution in [3.8, 4) is 0 Å². The smallest absolute Gasteiger partial charge is 0.338 e. The van der Waals surface area contributed by atoms with Crippen LogP contribution >= 0.6 is 46.6 Å². The number of aromatic nitrogens is 3. The normalized spacial score (nSPS) is 15.1. The van der Waals surface area contributed by atoms with E-state index in [-0.39, 0.29) is 0 Å². The minimum absolute atomic E-state index is 0.351. The van der Waals surface area contributed by atoms with Gasteiger partial charge in [-0.15, -0.1) is 5.10 Å². The van der Waals surface area contributed by atoms with E-state index in [1.165, 1.54) is 11.8 Å². The highest BCUT2D eigenvalue weighted by atomic mass is 35.5. The number of benzene rings is 2. The molecule has 178 valence electrons. The number of hydrogen-bond donors (Lipinski definition) is 1. The summed E-state index contributed by atoms with van der Waals surface area (Å²) < 4.78 is 7.25. The van der Waals surface area contributed by atoms with E-state index in [4.69, 9.17) is 44.6 Å². The van der Waals surface area contributed by atoms with E-state index in [2.05, 4.69) is 10.3 Å². The topological polar surface area (TPSA) is 69.0 Å². The van der Waals surface area contributed by atoms with Crippen molar-refractivity contribution in [2.75, 3.05) is 11.9 Å². The van der Waals surface area contributed by atoms with Crippen LogP contribution in [0.3, 0.4) is 0 Å². The van der Waals surface area contributed by atoms with Crippen molar-refractivity contribution in [2.45, 2.75) is 43.6 Å². The Morgan fingerprint density at radius 3 is 2.68 bits per heavy atom. The first-order valence-corrected chi connectivity index (χ1v) is 12.9. The van der Waals surface area contributed by atoms with Crippen LogP contribution in [0.1, 0.15) is 43.9 Å². The summed E-state index contributed by atoms with van der Waals surface area (Å²) in [6.45, 7) is 4.22. The maximum absolute atomic E-state index is 13.1. The Morgan fingerprint density at radius 1 is 1.15 bits per heavy atom. The molecule has 0 saturated heterocycles. The second kappa shape index (κ2) is 11.0. The number of nitrogens with zero attached hydrogens (tertiary/aromatic N) is 3. The molecule has 2 heterocycles.